The van der Waals surface area contributed by atoms with Gasteiger partial charge < -0.3 is 14.4 Å². The topological polar surface area (TPSA) is 51.7 Å². The number of pyridine rings is 1. The lowest BCUT2D eigenvalue weighted by molar-refractivity contribution is -0.141. The van der Waals surface area contributed by atoms with E-state index in [1.54, 1.807) is 36.2 Å². The Kier molecular flexibility index (Phi) is 5.76. The third-order valence-electron chi connectivity index (χ3n) is 4.21. The molecule has 1 fully saturated rings. The average Bonchev–Trinajstić information content (AvgIpc) is 2.67. The van der Waals surface area contributed by atoms with Crippen LogP contribution in [0.3, 0.4) is 0 Å². The van der Waals surface area contributed by atoms with Crippen molar-refractivity contribution in [2.45, 2.75) is 12.3 Å². The number of amides is 1. The van der Waals surface area contributed by atoms with E-state index in [1.807, 2.05) is 0 Å². The Morgan fingerprint density at radius 2 is 2.04 bits per heavy atom. The first-order valence-electron chi connectivity index (χ1n) is 8.43. The van der Waals surface area contributed by atoms with Crippen molar-refractivity contribution in [2.24, 2.45) is 0 Å². The van der Waals surface area contributed by atoms with Gasteiger partial charge in [0.25, 0.3) is 5.91 Å². The van der Waals surface area contributed by atoms with Crippen LogP contribution in [0.25, 0.3) is 11.1 Å². The molecule has 27 heavy (non-hydrogen) atoms. The van der Waals surface area contributed by atoms with Crippen LogP contribution in [0.4, 0.5) is 13.2 Å². The summed E-state index contributed by atoms with van der Waals surface area (Å²) in [5.74, 6) is -0.203. The molecule has 3 rings (SSSR count). The summed E-state index contributed by atoms with van der Waals surface area (Å²) in [6.45, 7) is 1.89. The molecule has 0 spiro atoms. The van der Waals surface area contributed by atoms with Gasteiger partial charge in [0, 0.05) is 30.9 Å². The zero-order valence-electron chi connectivity index (χ0n) is 14.7. The summed E-state index contributed by atoms with van der Waals surface area (Å²) in [6.07, 6.45) is -3.50. The molecule has 1 aliphatic rings. The molecule has 1 saturated heterocycles. The SMILES string of the molecule is CN(CC1COCCO1)C(=O)c1cccc(-c2ccc(C(F)(F)F)nc2)c1. The number of likely N-dealkylation sites (N-methyl/N-ethyl adjacent to an activating group) is 1. The van der Waals surface area contributed by atoms with Gasteiger partial charge in [0.1, 0.15) is 5.69 Å². The Hall–Kier alpha value is -2.45. The van der Waals surface area contributed by atoms with Crippen LogP contribution in [0.2, 0.25) is 0 Å². The van der Waals surface area contributed by atoms with Crippen LogP contribution in [0.5, 0.6) is 0 Å². The molecular weight excluding hydrogens is 361 g/mol. The van der Waals surface area contributed by atoms with Crippen LogP contribution in [-0.2, 0) is 15.7 Å². The second-order valence-electron chi connectivity index (χ2n) is 6.26. The van der Waals surface area contributed by atoms with Crippen molar-refractivity contribution in [3.05, 3.63) is 53.9 Å². The van der Waals surface area contributed by atoms with Crippen molar-refractivity contribution >= 4 is 5.91 Å². The Bertz CT molecular complexity index is 788. The summed E-state index contributed by atoms with van der Waals surface area (Å²) in [7, 11) is 1.67. The highest BCUT2D eigenvalue weighted by atomic mass is 19.4. The van der Waals surface area contributed by atoms with Gasteiger partial charge in [-0.2, -0.15) is 13.2 Å². The first kappa shape index (κ1) is 19.3. The first-order chi connectivity index (χ1) is 12.8. The van der Waals surface area contributed by atoms with Gasteiger partial charge in [0.05, 0.1) is 25.9 Å². The van der Waals surface area contributed by atoms with Crippen molar-refractivity contribution in [1.82, 2.24) is 9.88 Å². The fourth-order valence-corrected chi connectivity index (χ4v) is 2.81. The first-order valence-corrected chi connectivity index (χ1v) is 8.43. The minimum Gasteiger partial charge on any atom is -0.376 e. The maximum absolute atomic E-state index is 12.7. The highest BCUT2D eigenvalue weighted by Crippen LogP contribution is 2.29. The van der Waals surface area contributed by atoms with Gasteiger partial charge in [-0.05, 0) is 23.8 Å². The van der Waals surface area contributed by atoms with Crippen LogP contribution >= 0.6 is 0 Å². The minimum atomic E-state index is -4.48. The lowest BCUT2D eigenvalue weighted by Gasteiger charge is -2.27. The molecule has 2 aromatic rings. The second kappa shape index (κ2) is 8.06. The number of ether oxygens (including phenoxy) is 2. The van der Waals surface area contributed by atoms with E-state index in [0.717, 1.165) is 12.3 Å². The maximum atomic E-state index is 12.7. The van der Waals surface area contributed by atoms with E-state index in [0.29, 0.717) is 43.1 Å². The zero-order valence-corrected chi connectivity index (χ0v) is 14.7. The zero-order chi connectivity index (χ0) is 19.4. The number of hydrogen-bond acceptors (Lipinski definition) is 4. The van der Waals surface area contributed by atoms with Gasteiger partial charge in [-0.15, -0.1) is 0 Å². The van der Waals surface area contributed by atoms with Crippen LogP contribution in [-0.4, -0.2) is 55.3 Å². The van der Waals surface area contributed by atoms with Gasteiger partial charge in [-0.25, -0.2) is 0 Å². The predicted octanol–water partition coefficient (Wildman–Crippen LogP) is 3.25. The van der Waals surface area contributed by atoms with E-state index >= 15 is 0 Å². The number of benzene rings is 1. The van der Waals surface area contributed by atoms with Crippen LogP contribution < -0.4 is 0 Å². The molecule has 1 aliphatic heterocycles. The molecule has 1 aromatic heterocycles. The van der Waals surface area contributed by atoms with Crippen molar-refractivity contribution in [3.8, 4) is 11.1 Å². The minimum absolute atomic E-state index is 0.171. The lowest BCUT2D eigenvalue weighted by atomic mass is 10.0. The van der Waals surface area contributed by atoms with Gasteiger partial charge in [0.2, 0.25) is 0 Å². The fourth-order valence-electron chi connectivity index (χ4n) is 2.81. The summed E-state index contributed by atoms with van der Waals surface area (Å²) in [5, 5.41) is 0. The quantitative estimate of drug-likeness (QED) is 0.817. The largest absolute Gasteiger partial charge is 0.433 e. The molecular formula is C19H19F3N2O3. The van der Waals surface area contributed by atoms with Crippen molar-refractivity contribution in [1.29, 1.82) is 0 Å². The Morgan fingerprint density at radius 3 is 2.67 bits per heavy atom. The Morgan fingerprint density at radius 1 is 1.22 bits per heavy atom. The van der Waals surface area contributed by atoms with E-state index < -0.39 is 11.9 Å². The van der Waals surface area contributed by atoms with Gasteiger partial charge in [-0.3, -0.25) is 9.78 Å². The molecule has 1 amide bonds. The number of hydrogen-bond donors (Lipinski definition) is 0. The van der Waals surface area contributed by atoms with E-state index in [1.165, 1.54) is 6.07 Å². The standard InChI is InChI=1S/C19H19F3N2O3/c1-24(11-16-12-26-7-8-27-16)18(25)14-4-2-3-13(9-14)15-5-6-17(23-10-15)19(20,21)22/h2-6,9-10,16H,7-8,11-12H2,1H3. The van der Waals surface area contributed by atoms with Gasteiger partial charge in [0.15, 0.2) is 0 Å². The number of nitrogens with zero attached hydrogens (tertiary/aromatic N) is 2. The molecule has 144 valence electrons. The van der Waals surface area contributed by atoms with Crippen LogP contribution in [0.1, 0.15) is 16.1 Å². The number of carbonyl (C=O) groups is 1. The van der Waals surface area contributed by atoms with Crippen LogP contribution in [0.15, 0.2) is 42.6 Å². The lowest BCUT2D eigenvalue weighted by Crippen LogP contribution is -2.40. The van der Waals surface area contributed by atoms with Crippen molar-refractivity contribution in [2.75, 3.05) is 33.4 Å². The molecule has 1 aromatic carbocycles. The maximum Gasteiger partial charge on any atom is 0.433 e. The molecule has 5 nitrogen and oxygen atoms in total. The summed E-state index contributed by atoms with van der Waals surface area (Å²) < 4.78 is 48.8. The third kappa shape index (κ3) is 4.84. The van der Waals surface area contributed by atoms with E-state index in [4.69, 9.17) is 9.47 Å². The Labute approximate surface area is 154 Å². The fraction of sp³-hybridized carbons (Fsp3) is 0.368. The molecule has 0 radical (unpaired) electrons. The van der Waals surface area contributed by atoms with Gasteiger partial charge >= 0.3 is 6.18 Å². The summed E-state index contributed by atoms with van der Waals surface area (Å²) in [5.41, 5.74) is 0.608. The number of rotatable bonds is 4. The van der Waals surface area contributed by atoms with Crippen LogP contribution in [0, 0.1) is 0 Å². The average molecular weight is 380 g/mol. The van der Waals surface area contributed by atoms with E-state index in [9.17, 15) is 18.0 Å². The molecule has 1 atom stereocenters. The number of alkyl halides is 3. The highest BCUT2D eigenvalue weighted by molar-refractivity contribution is 5.95. The molecule has 0 saturated carbocycles. The van der Waals surface area contributed by atoms with Crippen molar-refractivity contribution in [3.63, 3.8) is 0 Å². The predicted molar refractivity (Wildman–Crippen MR) is 92.2 cm³/mol. The molecule has 0 aliphatic carbocycles. The van der Waals surface area contributed by atoms with E-state index in [2.05, 4.69) is 4.98 Å². The summed E-state index contributed by atoms with van der Waals surface area (Å²) in [4.78, 5) is 17.7. The highest BCUT2D eigenvalue weighted by Gasteiger charge is 2.32. The normalized spacial score (nSPS) is 17.6. The molecule has 0 bridgehead atoms. The van der Waals surface area contributed by atoms with Crippen molar-refractivity contribution < 1.29 is 27.4 Å². The molecule has 8 heteroatoms. The molecule has 0 N–H and O–H groups in total. The number of halogens is 3. The molecule has 1 unspecified atom stereocenters. The Balaban J connectivity index is 1.73. The summed E-state index contributed by atoms with van der Waals surface area (Å²) in [6, 6.07) is 8.99. The summed E-state index contributed by atoms with van der Waals surface area (Å²) >= 11 is 0. The van der Waals surface area contributed by atoms with Gasteiger partial charge in [-0.1, -0.05) is 18.2 Å². The number of aromatic nitrogens is 1. The third-order valence-corrected chi connectivity index (χ3v) is 4.21. The monoisotopic (exact) mass is 380 g/mol. The second-order valence-corrected chi connectivity index (χ2v) is 6.26. The molecule has 2 heterocycles. The smallest absolute Gasteiger partial charge is 0.376 e. The number of carbonyl (C=O) groups excluding carboxylic acids is 1. The van der Waals surface area contributed by atoms with E-state index in [-0.39, 0.29) is 12.0 Å².